The number of allylic oxidation sites excluding steroid dienone is 1. The predicted molar refractivity (Wildman–Crippen MR) is 93.9 cm³/mol. The van der Waals surface area contributed by atoms with Crippen molar-refractivity contribution >= 4 is 39.8 Å². The molecule has 0 radical (unpaired) electrons. The molecule has 5 nitrogen and oxygen atoms in total. The van der Waals surface area contributed by atoms with Crippen LogP contribution in [0.3, 0.4) is 0 Å². The second-order valence-electron chi connectivity index (χ2n) is 4.85. The van der Waals surface area contributed by atoms with Crippen LogP contribution in [0, 0.1) is 0 Å². The summed E-state index contributed by atoms with van der Waals surface area (Å²) < 4.78 is 0.405. The van der Waals surface area contributed by atoms with Crippen LogP contribution in [0.4, 0.5) is 0 Å². The lowest BCUT2D eigenvalue weighted by Gasteiger charge is -2.02. The van der Waals surface area contributed by atoms with Crippen LogP contribution in [0.1, 0.15) is 21.5 Å². The van der Waals surface area contributed by atoms with E-state index in [0.717, 1.165) is 6.08 Å². The van der Waals surface area contributed by atoms with E-state index in [1.807, 2.05) is 0 Å². The molecule has 2 aromatic rings. The van der Waals surface area contributed by atoms with E-state index in [9.17, 15) is 19.8 Å². The Bertz CT molecular complexity index is 835. The van der Waals surface area contributed by atoms with Gasteiger partial charge in [-0.05, 0) is 45.8 Å². The molecular weight excluding hydrogens is 376 g/mol. The minimum absolute atomic E-state index is 0.0963. The van der Waals surface area contributed by atoms with Crippen molar-refractivity contribution in [2.45, 2.75) is 0 Å². The predicted octanol–water partition coefficient (Wildman–Crippen LogP) is 3.85. The first kappa shape index (κ1) is 17.5. The smallest absolute Gasteiger partial charge is 0.328 e. The molecule has 0 amide bonds. The molecule has 0 aromatic heterocycles. The Morgan fingerprint density at radius 2 is 1.58 bits per heavy atom. The van der Waals surface area contributed by atoms with Gasteiger partial charge in [-0.2, -0.15) is 0 Å². The Morgan fingerprint density at radius 3 is 2.21 bits per heavy atom. The lowest BCUT2D eigenvalue weighted by molar-refractivity contribution is -0.131. The molecule has 0 atom stereocenters. The Hall–Kier alpha value is -2.86. The minimum atomic E-state index is -1.04. The molecule has 6 heteroatoms. The zero-order valence-electron chi connectivity index (χ0n) is 12.3. The highest BCUT2D eigenvalue weighted by atomic mass is 79.9. The molecular formula is C18H13BrO5. The van der Waals surface area contributed by atoms with E-state index in [4.69, 9.17) is 5.11 Å². The number of phenolic OH excluding ortho intramolecular Hbond substituents is 2. The SMILES string of the molecule is O=C(O)/C=C/c1ccc(C(=O)/C=C/c2cc(Br)c(O)cc2O)cc1. The number of carboxylic acids is 1. The van der Waals surface area contributed by atoms with Gasteiger partial charge in [0.2, 0.25) is 0 Å². The summed E-state index contributed by atoms with van der Waals surface area (Å²) in [6, 6.07) is 9.11. The molecule has 0 saturated heterocycles. The van der Waals surface area contributed by atoms with Crippen LogP contribution < -0.4 is 0 Å². The molecule has 0 aliphatic carbocycles. The maximum atomic E-state index is 12.1. The third-order valence-electron chi connectivity index (χ3n) is 3.12. The average molecular weight is 389 g/mol. The minimum Gasteiger partial charge on any atom is -0.507 e. The van der Waals surface area contributed by atoms with Crippen LogP contribution in [0.5, 0.6) is 11.5 Å². The number of carbonyl (C=O) groups excluding carboxylic acids is 1. The van der Waals surface area contributed by atoms with Gasteiger partial charge in [0.1, 0.15) is 11.5 Å². The van der Waals surface area contributed by atoms with E-state index in [1.54, 1.807) is 24.3 Å². The summed E-state index contributed by atoms with van der Waals surface area (Å²) in [5.74, 6) is -1.56. The highest BCUT2D eigenvalue weighted by molar-refractivity contribution is 9.10. The number of hydrogen-bond acceptors (Lipinski definition) is 4. The standard InChI is InChI=1S/C18H13BrO5/c19-14-9-13(16(21)10-17(14)22)6-7-15(20)12-4-1-11(2-5-12)3-8-18(23)24/h1-10,21-22H,(H,23,24)/b7-6+,8-3+. The van der Waals surface area contributed by atoms with Crippen molar-refractivity contribution in [3.63, 3.8) is 0 Å². The first-order valence-corrected chi connectivity index (χ1v) is 7.61. The molecule has 0 spiro atoms. The van der Waals surface area contributed by atoms with E-state index in [1.165, 1.54) is 30.4 Å². The topological polar surface area (TPSA) is 94.8 Å². The Kier molecular flexibility index (Phi) is 5.55. The Labute approximate surface area is 146 Å². The fourth-order valence-corrected chi connectivity index (χ4v) is 2.25. The van der Waals surface area contributed by atoms with Crippen molar-refractivity contribution in [3.05, 3.63) is 69.7 Å². The molecule has 0 heterocycles. The molecule has 2 rings (SSSR count). The summed E-state index contributed by atoms with van der Waals surface area (Å²) in [5, 5.41) is 27.7. The highest BCUT2D eigenvalue weighted by Gasteiger charge is 2.06. The third-order valence-corrected chi connectivity index (χ3v) is 3.76. The fourth-order valence-electron chi connectivity index (χ4n) is 1.89. The fraction of sp³-hybridized carbons (Fsp3) is 0. The number of halogens is 1. The molecule has 0 saturated carbocycles. The largest absolute Gasteiger partial charge is 0.507 e. The van der Waals surface area contributed by atoms with Crippen LogP contribution in [0.2, 0.25) is 0 Å². The second kappa shape index (κ2) is 7.61. The summed E-state index contributed by atoms with van der Waals surface area (Å²) in [6.07, 6.45) is 5.20. The van der Waals surface area contributed by atoms with Gasteiger partial charge in [0.15, 0.2) is 5.78 Å². The monoisotopic (exact) mass is 388 g/mol. The van der Waals surface area contributed by atoms with Crippen molar-refractivity contribution in [3.8, 4) is 11.5 Å². The van der Waals surface area contributed by atoms with E-state index >= 15 is 0 Å². The molecule has 2 aromatic carbocycles. The van der Waals surface area contributed by atoms with Gasteiger partial charge >= 0.3 is 5.97 Å². The van der Waals surface area contributed by atoms with Crippen molar-refractivity contribution in [1.82, 2.24) is 0 Å². The average Bonchev–Trinajstić information content (AvgIpc) is 2.55. The number of aliphatic carboxylic acids is 1. The van der Waals surface area contributed by atoms with E-state index in [-0.39, 0.29) is 17.3 Å². The number of rotatable bonds is 5. The van der Waals surface area contributed by atoms with Crippen molar-refractivity contribution in [2.24, 2.45) is 0 Å². The number of phenols is 2. The van der Waals surface area contributed by atoms with E-state index < -0.39 is 5.97 Å². The molecule has 24 heavy (non-hydrogen) atoms. The van der Waals surface area contributed by atoms with Gasteiger partial charge in [0.25, 0.3) is 0 Å². The molecule has 122 valence electrons. The van der Waals surface area contributed by atoms with Gasteiger partial charge in [-0.3, -0.25) is 4.79 Å². The van der Waals surface area contributed by atoms with Crippen molar-refractivity contribution in [1.29, 1.82) is 0 Å². The van der Waals surface area contributed by atoms with Crippen molar-refractivity contribution < 1.29 is 24.9 Å². The van der Waals surface area contributed by atoms with Gasteiger partial charge in [0.05, 0.1) is 4.47 Å². The lowest BCUT2D eigenvalue weighted by Crippen LogP contribution is -1.94. The highest BCUT2D eigenvalue weighted by Crippen LogP contribution is 2.32. The number of ketones is 1. The van der Waals surface area contributed by atoms with Crippen LogP contribution >= 0.6 is 15.9 Å². The van der Waals surface area contributed by atoms with Crippen molar-refractivity contribution in [2.75, 3.05) is 0 Å². The number of benzene rings is 2. The third kappa shape index (κ3) is 4.57. The summed E-state index contributed by atoms with van der Waals surface area (Å²) in [4.78, 5) is 22.6. The quantitative estimate of drug-likeness (QED) is 0.533. The van der Waals surface area contributed by atoms with Gasteiger partial charge in [-0.15, -0.1) is 0 Å². The van der Waals surface area contributed by atoms with Crippen LogP contribution in [0.25, 0.3) is 12.2 Å². The number of hydrogen-bond donors (Lipinski definition) is 3. The molecule has 3 N–H and O–H groups in total. The molecule has 0 aliphatic heterocycles. The Balaban J connectivity index is 2.15. The van der Waals surface area contributed by atoms with E-state index in [0.29, 0.717) is 21.2 Å². The van der Waals surface area contributed by atoms with Gasteiger partial charge < -0.3 is 15.3 Å². The van der Waals surface area contributed by atoms with Gasteiger partial charge in [-0.25, -0.2) is 4.79 Å². The zero-order valence-corrected chi connectivity index (χ0v) is 13.9. The molecule has 0 aliphatic rings. The Morgan fingerprint density at radius 1 is 0.917 bits per heavy atom. The number of aromatic hydroxyl groups is 2. The maximum Gasteiger partial charge on any atom is 0.328 e. The van der Waals surface area contributed by atoms with Crippen LogP contribution in [-0.2, 0) is 4.79 Å². The first-order chi connectivity index (χ1) is 11.4. The molecule has 0 fully saturated rings. The summed E-state index contributed by atoms with van der Waals surface area (Å²) in [6.45, 7) is 0. The van der Waals surface area contributed by atoms with Gasteiger partial charge in [-0.1, -0.05) is 24.3 Å². The second-order valence-corrected chi connectivity index (χ2v) is 5.71. The summed E-state index contributed by atoms with van der Waals surface area (Å²) in [7, 11) is 0. The van der Waals surface area contributed by atoms with Gasteiger partial charge in [0, 0.05) is 23.3 Å². The number of carboxylic acid groups (broad SMARTS) is 1. The zero-order chi connectivity index (χ0) is 17.7. The lowest BCUT2D eigenvalue weighted by atomic mass is 10.1. The summed E-state index contributed by atoms with van der Waals surface area (Å²) in [5.41, 5.74) is 1.48. The van der Waals surface area contributed by atoms with Crippen LogP contribution in [-0.4, -0.2) is 27.1 Å². The number of carbonyl (C=O) groups is 2. The first-order valence-electron chi connectivity index (χ1n) is 6.82. The summed E-state index contributed by atoms with van der Waals surface area (Å²) >= 11 is 3.14. The maximum absolute atomic E-state index is 12.1. The van der Waals surface area contributed by atoms with E-state index in [2.05, 4.69) is 15.9 Å². The molecule has 0 bridgehead atoms. The van der Waals surface area contributed by atoms with Crippen LogP contribution in [0.15, 0.2) is 53.0 Å². The normalized spacial score (nSPS) is 11.2. The molecule has 0 unspecified atom stereocenters.